The number of terminal acetylenes is 1. The van der Waals surface area contributed by atoms with Crippen LogP contribution in [0.2, 0.25) is 0 Å². The minimum absolute atomic E-state index is 0.498. The van der Waals surface area contributed by atoms with Gasteiger partial charge in [0.2, 0.25) is 5.88 Å². The number of pyridine rings is 1. The van der Waals surface area contributed by atoms with Crippen molar-refractivity contribution in [3.8, 4) is 35.1 Å². The van der Waals surface area contributed by atoms with E-state index in [1.54, 1.807) is 6.20 Å². The molecule has 0 amide bonds. The van der Waals surface area contributed by atoms with Crippen molar-refractivity contribution in [3.05, 3.63) is 78.0 Å². The van der Waals surface area contributed by atoms with Gasteiger partial charge in [0.1, 0.15) is 12.4 Å². The van der Waals surface area contributed by atoms with E-state index in [2.05, 4.69) is 10.9 Å². The summed E-state index contributed by atoms with van der Waals surface area (Å²) in [4.78, 5) is 4.38. The predicted molar refractivity (Wildman–Crippen MR) is 99.6 cm³/mol. The summed E-state index contributed by atoms with van der Waals surface area (Å²) in [6.07, 6.45) is 7.37. The topological polar surface area (TPSA) is 31.4 Å². The minimum Gasteiger partial charge on any atom is -0.493 e. The predicted octanol–water partition coefficient (Wildman–Crippen LogP) is 4.71. The molecule has 0 saturated heterocycles. The minimum atomic E-state index is 0.498. The second-order valence-electron chi connectivity index (χ2n) is 5.45. The van der Waals surface area contributed by atoms with E-state index in [4.69, 9.17) is 15.9 Å². The normalized spacial score (nSPS) is 10.1. The Morgan fingerprint density at radius 1 is 0.960 bits per heavy atom. The zero-order valence-electron chi connectivity index (χ0n) is 14.1. The van der Waals surface area contributed by atoms with Gasteiger partial charge in [-0.2, -0.15) is 0 Å². The van der Waals surface area contributed by atoms with E-state index in [0.29, 0.717) is 19.1 Å². The lowest BCUT2D eigenvalue weighted by Gasteiger charge is -2.09. The SMILES string of the molecule is C#Cc1cc(-c2ccc(OCc3ccccc3)nc2)ccc1OCC. The van der Waals surface area contributed by atoms with Crippen molar-refractivity contribution in [2.45, 2.75) is 13.5 Å². The van der Waals surface area contributed by atoms with Gasteiger partial charge in [-0.3, -0.25) is 0 Å². The van der Waals surface area contributed by atoms with Crippen LogP contribution in [0.1, 0.15) is 18.1 Å². The van der Waals surface area contributed by atoms with Gasteiger partial charge in [0.05, 0.1) is 12.2 Å². The van der Waals surface area contributed by atoms with Crippen molar-refractivity contribution in [1.29, 1.82) is 0 Å². The summed E-state index contributed by atoms with van der Waals surface area (Å²) < 4.78 is 11.2. The molecule has 0 radical (unpaired) electrons. The van der Waals surface area contributed by atoms with Crippen LogP contribution in [0.3, 0.4) is 0 Å². The van der Waals surface area contributed by atoms with Crippen LogP contribution in [0.15, 0.2) is 66.9 Å². The molecule has 0 aliphatic carbocycles. The van der Waals surface area contributed by atoms with E-state index in [1.807, 2.05) is 67.6 Å². The standard InChI is InChI=1S/C22H19NO2/c1-3-18-14-19(10-12-21(18)24-4-2)20-11-13-22(23-15-20)25-16-17-8-6-5-7-9-17/h1,5-15H,4,16H2,2H3. The highest BCUT2D eigenvalue weighted by Crippen LogP contribution is 2.27. The number of ether oxygens (including phenoxy) is 2. The maximum Gasteiger partial charge on any atom is 0.213 e. The summed E-state index contributed by atoms with van der Waals surface area (Å²) in [5.74, 6) is 3.99. The van der Waals surface area contributed by atoms with E-state index in [9.17, 15) is 0 Å². The van der Waals surface area contributed by atoms with Crippen molar-refractivity contribution in [3.63, 3.8) is 0 Å². The smallest absolute Gasteiger partial charge is 0.213 e. The highest BCUT2D eigenvalue weighted by atomic mass is 16.5. The van der Waals surface area contributed by atoms with Crippen molar-refractivity contribution in [2.75, 3.05) is 6.61 Å². The summed E-state index contributed by atoms with van der Waals surface area (Å²) in [5, 5.41) is 0. The molecule has 1 heterocycles. The van der Waals surface area contributed by atoms with Crippen molar-refractivity contribution < 1.29 is 9.47 Å². The van der Waals surface area contributed by atoms with E-state index in [1.165, 1.54) is 0 Å². The van der Waals surface area contributed by atoms with Crippen LogP contribution in [0.25, 0.3) is 11.1 Å². The van der Waals surface area contributed by atoms with Crippen molar-refractivity contribution in [1.82, 2.24) is 4.98 Å². The van der Waals surface area contributed by atoms with Crippen LogP contribution < -0.4 is 9.47 Å². The third-order valence-corrected chi connectivity index (χ3v) is 3.73. The van der Waals surface area contributed by atoms with E-state index >= 15 is 0 Å². The molecule has 3 nitrogen and oxygen atoms in total. The number of nitrogens with zero attached hydrogens (tertiary/aromatic N) is 1. The summed E-state index contributed by atoms with van der Waals surface area (Å²) >= 11 is 0. The molecule has 3 heteroatoms. The summed E-state index contributed by atoms with van der Waals surface area (Å²) in [6.45, 7) is 3.02. The molecule has 3 aromatic rings. The molecule has 3 rings (SSSR count). The Balaban J connectivity index is 1.73. The van der Waals surface area contributed by atoms with E-state index < -0.39 is 0 Å². The van der Waals surface area contributed by atoms with Crippen LogP contribution in [0.4, 0.5) is 0 Å². The molecular formula is C22H19NO2. The second kappa shape index (κ2) is 8.03. The van der Waals surface area contributed by atoms with Gasteiger partial charge in [-0.05, 0) is 36.2 Å². The molecule has 0 atom stereocenters. The number of hydrogen-bond acceptors (Lipinski definition) is 3. The van der Waals surface area contributed by atoms with Crippen LogP contribution in [0.5, 0.6) is 11.6 Å². The number of benzene rings is 2. The fourth-order valence-corrected chi connectivity index (χ4v) is 2.47. The van der Waals surface area contributed by atoms with Crippen molar-refractivity contribution >= 4 is 0 Å². The maximum atomic E-state index is 5.72. The summed E-state index contributed by atoms with van der Waals surface area (Å²) in [7, 11) is 0. The van der Waals surface area contributed by atoms with Crippen molar-refractivity contribution in [2.24, 2.45) is 0 Å². The first-order valence-corrected chi connectivity index (χ1v) is 8.16. The van der Waals surface area contributed by atoms with Gasteiger partial charge in [0, 0.05) is 17.8 Å². The molecule has 0 unspecified atom stereocenters. The summed E-state index contributed by atoms with van der Waals surface area (Å²) in [6, 6.07) is 19.7. The zero-order chi connectivity index (χ0) is 17.5. The molecule has 0 saturated carbocycles. The molecule has 0 bridgehead atoms. The fourth-order valence-electron chi connectivity index (χ4n) is 2.47. The molecular weight excluding hydrogens is 310 g/mol. The second-order valence-corrected chi connectivity index (χ2v) is 5.45. The Morgan fingerprint density at radius 2 is 1.76 bits per heavy atom. The molecule has 25 heavy (non-hydrogen) atoms. The average molecular weight is 329 g/mol. The Labute approximate surface area is 148 Å². The Kier molecular flexibility index (Phi) is 5.33. The van der Waals surface area contributed by atoms with Gasteiger partial charge in [0.15, 0.2) is 0 Å². The van der Waals surface area contributed by atoms with Gasteiger partial charge in [-0.15, -0.1) is 6.42 Å². The van der Waals surface area contributed by atoms with Gasteiger partial charge in [0.25, 0.3) is 0 Å². The molecule has 0 fully saturated rings. The quantitative estimate of drug-likeness (QED) is 0.614. The first-order valence-electron chi connectivity index (χ1n) is 8.16. The first-order chi connectivity index (χ1) is 12.3. The number of aromatic nitrogens is 1. The molecule has 0 N–H and O–H groups in total. The molecule has 0 aliphatic rings. The Hall–Kier alpha value is -3.25. The van der Waals surface area contributed by atoms with Gasteiger partial charge < -0.3 is 9.47 Å². The monoisotopic (exact) mass is 329 g/mol. The number of rotatable bonds is 6. The van der Waals surface area contributed by atoms with Crippen LogP contribution in [-0.2, 0) is 6.61 Å². The van der Waals surface area contributed by atoms with Crippen LogP contribution in [0, 0.1) is 12.3 Å². The Morgan fingerprint density at radius 3 is 2.44 bits per heavy atom. The largest absolute Gasteiger partial charge is 0.493 e. The fraction of sp³-hybridized carbons (Fsp3) is 0.136. The highest BCUT2D eigenvalue weighted by Gasteiger charge is 2.06. The van der Waals surface area contributed by atoms with E-state index in [0.717, 1.165) is 28.0 Å². The lowest BCUT2D eigenvalue weighted by atomic mass is 10.0. The first kappa shape index (κ1) is 16.6. The number of hydrogen-bond donors (Lipinski definition) is 0. The average Bonchev–Trinajstić information content (AvgIpc) is 2.68. The summed E-state index contributed by atoms with van der Waals surface area (Å²) in [5.41, 5.74) is 3.83. The van der Waals surface area contributed by atoms with Gasteiger partial charge in [-0.1, -0.05) is 42.3 Å². The lowest BCUT2D eigenvalue weighted by molar-refractivity contribution is 0.294. The highest BCUT2D eigenvalue weighted by molar-refractivity contribution is 5.67. The molecule has 0 aliphatic heterocycles. The molecule has 1 aromatic heterocycles. The van der Waals surface area contributed by atoms with Crippen LogP contribution in [-0.4, -0.2) is 11.6 Å². The molecule has 0 spiro atoms. The molecule has 2 aromatic carbocycles. The maximum absolute atomic E-state index is 5.72. The Bertz CT molecular complexity index is 865. The van der Waals surface area contributed by atoms with Gasteiger partial charge >= 0.3 is 0 Å². The molecule has 124 valence electrons. The third kappa shape index (κ3) is 4.19. The van der Waals surface area contributed by atoms with Crippen LogP contribution >= 0.6 is 0 Å². The zero-order valence-corrected chi connectivity index (χ0v) is 14.1. The van der Waals surface area contributed by atoms with Gasteiger partial charge in [-0.25, -0.2) is 4.98 Å². The lowest BCUT2D eigenvalue weighted by Crippen LogP contribution is -1.97. The van der Waals surface area contributed by atoms with E-state index in [-0.39, 0.29) is 0 Å². The third-order valence-electron chi connectivity index (χ3n) is 3.73.